The van der Waals surface area contributed by atoms with Crippen LogP contribution in [0.4, 0.5) is 5.13 Å². The van der Waals surface area contributed by atoms with Crippen molar-refractivity contribution in [2.75, 3.05) is 31.0 Å². The van der Waals surface area contributed by atoms with E-state index in [0.717, 1.165) is 16.2 Å². The third-order valence-corrected chi connectivity index (χ3v) is 7.87. The first kappa shape index (κ1) is 26.6. The molecule has 1 fully saturated rings. The van der Waals surface area contributed by atoms with Gasteiger partial charge in [0.1, 0.15) is 30.8 Å². The Hall–Kier alpha value is -2.04. The van der Waals surface area contributed by atoms with Crippen LogP contribution in [0.5, 0.6) is 0 Å². The number of thioether (sulfide) groups is 2. The molecule has 0 aromatic carbocycles. The number of nitrogens with zero attached hydrogens (tertiary/aromatic N) is 3. The van der Waals surface area contributed by atoms with Crippen molar-refractivity contribution in [1.82, 2.24) is 15.2 Å². The van der Waals surface area contributed by atoms with Crippen LogP contribution in [0.1, 0.15) is 5.69 Å². The molecule has 0 aliphatic carbocycles. The fourth-order valence-corrected chi connectivity index (χ4v) is 6.25. The number of hydrogen-bond acceptors (Lipinski definition) is 13. The van der Waals surface area contributed by atoms with E-state index in [9.17, 15) is 24.3 Å². The number of carboxylic acids is 1. The number of nitrogens with one attached hydrogen (secondary N) is 1. The second kappa shape index (κ2) is 11.1. The fraction of sp³-hybridized carbons (Fsp3) is 0.333. The molecule has 4 rings (SSSR count). The number of aromatic nitrogens is 1. The van der Waals surface area contributed by atoms with Gasteiger partial charge in [-0.25, -0.2) is 9.78 Å². The summed E-state index contributed by atoms with van der Waals surface area (Å²) in [5.74, 6) is -2.67. The number of esters is 1. The number of nitrogen functional groups attached to an aromatic ring is 1. The van der Waals surface area contributed by atoms with Crippen LogP contribution in [0.25, 0.3) is 0 Å². The number of hydrogen-bond donors (Lipinski definition) is 2. The van der Waals surface area contributed by atoms with Gasteiger partial charge < -0.3 is 30.5 Å². The zero-order valence-corrected chi connectivity index (χ0v) is 22.4. The Balaban J connectivity index is 0.00000324. The van der Waals surface area contributed by atoms with Crippen molar-refractivity contribution >= 4 is 69.5 Å². The summed E-state index contributed by atoms with van der Waals surface area (Å²) in [7, 11) is 1.26. The molecule has 0 bridgehead atoms. The van der Waals surface area contributed by atoms with Crippen molar-refractivity contribution < 1.29 is 63.4 Å². The Kier molecular flexibility index (Phi) is 8.70. The maximum absolute atomic E-state index is 12.8. The van der Waals surface area contributed by atoms with E-state index < -0.39 is 35.2 Å². The zero-order valence-electron chi connectivity index (χ0n) is 17.9. The minimum atomic E-state index is -1.48. The third kappa shape index (κ3) is 5.28. The molecule has 1 saturated heterocycles. The van der Waals surface area contributed by atoms with E-state index in [1.165, 1.54) is 42.1 Å². The van der Waals surface area contributed by atoms with Gasteiger partial charge in [-0.1, -0.05) is 5.16 Å². The molecule has 3 aliphatic heterocycles. The summed E-state index contributed by atoms with van der Waals surface area (Å²) in [6.07, 6.45) is 1.35. The Bertz CT molecular complexity index is 1130. The van der Waals surface area contributed by atoms with Crippen LogP contribution in [0.3, 0.4) is 0 Å². The van der Waals surface area contributed by atoms with Crippen molar-refractivity contribution in [3.63, 3.8) is 0 Å². The number of carboxylic acid groups (broad SMARTS) is 1. The van der Waals surface area contributed by atoms with Gasteiger partial charge in [0.15, 0.2) is 10.8 Å². The van der Waals surface area contributed by atoms with Gasteiger partial charge in [-0.3, -0.25) is 14.5 Å². The van der Waals surface area contributed by atoms with Crippen LogP contribution < -0.4 is 45.7 Å². The van der Waals surface area contributed by atoms with Crippen molar-refractivity contribution in [3.8, 4) is 0 Å². The molecule has 1 aromatic rings. The number of oxime groups is 1. The minimum absolute atomic E-state index is 0. The molecule has 34 heavy (non-hydrogen) atoms. The van der Waals surface area contributed by atoms with Crippen LogP contribution in [-0.4, -0.2) is 76.0 Å². The number of aliphatic carboxylic acids is 1. The van der Waals surface area contributed by atoms with Crippen molar-refractivity contribution in [1.29, 1.82) is 0 Å². The molecule has 3 N–H and O–H groups in total. The summed E-state index contributed by atoms with van der Waals surface area (Å²) >= 11 is 3.68. The number of cyclic esters (lactones) is 1. The Labute approximate surface area is 227 Å². The monoisotopic (exact) mass is 533 g/mol. The SMILES string of the molecule is CO/N=C(\C(=O)N[C@@H]1C(=O)N2C(C(=O)[O-])=C(CSC3=CC(=O)OC3)CS[C@H]12)c1csc(N)n1.[Na+]. The normalized spacial score (nSPS) is 21.7. The molecule has 0 spiro atoms. The van der Waals surface area contributed by atoms with Gasteiger partial charge in [0.05, 0.1) is 11.7 Å². The number of carbonyl (C=O) groups is 4. The van der Waals surface area contributed by atoms with Gasteiger partial charge in [0, 0.05) is 27.9 Å². The number of fused-ring (bicyclic) bond motifs is 1. The number of thiazole rings is 1. The van der Waals surface area contributed by atoms with Gasteiger partial charge in [-0.2, -0.15) is 0 Å². The Morgan fingerprint density at radius 2 is 2.24 bits per heavy atom. The molecular formula is C18H16N5NaO7S3. The minimum Gasteiger partial charge on any atom is -0.543 e. The summed E-state index contributed by atoms with van der Waals surface area (Å²) in [4.78, 5) is 59.1. The molecule has 0 saturated carbocycles. The number of nitrogens with two attached hydrogens (primary N) is 1. The Morgan fingerprint density at radius 1 is 1.47 bits per heavy atom. The van der Waals surface area contributed by atoms with Crippen LogP contribution >= 0.6 is 34.9 Å². The van der Waals surface area contributed by atoms with Crippen molar-refractivity contribution in [3.05, 3.63) is 33.3 Å². The standard InChI is InChI=1S/C18H17N5O7S3.Na/c1-29-22-11(9-6-33-18(19)20-9)14(25)21-12-15(26)23-13(17(27)28)7(5-32-16(12)23)4-31-8-2-10(24)30-3-8;/h2,6,12,16H,3-5H2,1H3,(H2,19,20)(H,21,25)(H,27,28);/q;+1/p-1/b22-11-;/t12-,16-;/m1./s1. The summed E-state index contributed by atoms with van der Waals surface area (Å²) in [6, 6.07) is -0.965. The average Bonchev–Trinajstić information content (AvgIpc) is 3.40. The van der Waals surface area contributed by atoms with Crippen molar-refractivity contribution in [2.24, 2.45) is 5.16 Å². The van der Waals surface area contributed by atoms with Gasteiger partial charge in [-0.15, -0.1) is 34.9 Å². The second-order valence-electron chi connectivity index (χ2n) is 6.80. The number of amides is 2. The van der Waals surface area contributed by atoms with Gasteiger partial charge in [0.2, 0.25) is 0 Å². The molecule has 16 heteroatoms. The van der Waals surface area contributed by atoms with Gasteiger partial charge in [0.25, 0.3) is 11.8 Å². The second-order valence-corrected chi connectivity index (χ2v) is 9.90. The van der Waals surface area contributed by atoms with Crippen molar-refractivity contribution in [2.45, 2.75) is 11.4 Å². The molecule has 0 unspecified atom stereocenters. The number of anilines is 1. The first-order valence-electron chi connectivity index (χ1n) is 9.31. The van der Waals surface area contributed by atoms with Crippen LogP contribution in [0.2, 0.25) is 0 Å². The largest absolute Gasteiger partial charge is 1.00 e. The maximum Gasteiger partial charge on any atom is 1.00 e. The van der Waals surface area contributed by atoms with E-state index in [0.29, 0.717) is 16.2 Å². The van der Waals surface area contributed by atoms with Gasteiger partial charge >= 0.3 is 35.5 Å². The van der Waals surface area contributed by atoms with E-state index in [4.69, 9.17) is 15.3 Å². The molecule has 2 atom stereocenters. The number of rotatable bonds is 8. The zero-order chi connectivity index (χ0) is 23.7. The van der Waals surface area contributed by atoms with Crippen LogP contribution in [-0.2, 0) is 28.8 Å². The average molecular weight is 534 g/mol. The number of β-lactam (4-membered cyclic amide) rings is 1. The summed E-state index contributed by atoms with van der Waals surface area (Å²) in [5.41, 5.74) is 5.91. The maximum atomic E-state index is 12.8. The van der Waals surface area contributed by atoms with E-state index in [-0.39, 0.29) is 64.2 Å². The van der Waals surface area contributed by atoms with E-state index in [1.54, 1.807) is 0 Å². The summed E-state index contributed by atoms with van der Waals surface area (Å²) in [5, 5.41) is 19.2. The Morgan fingerprint density at radius 3 is 2.82 bits per heavy atom. The predicted octanol–water partition coefficient (Wildman–Crippen LogP) is -4.34. The fourth-order valence-electron chi connectivity index (χ4n) is 3.30. The first-order valence-corrected chi connectivity index (χ1v) is 12.2. The topological polar surface area (TPSA) is 176 Å². The van der Waals surface area contributed by atoms with E-state index in [1.807, 2.05) is 0 Å². The molecule has 1 aromatic heterocycles. The molecule has 4 heterocycles. The first-order chi connectivity index (χ1) is 15.8. The van der Waals surface area contributed by atoms with Crippen LogP contribution in [0, 0.1) is 0 Å². The quantitative estimate of drug-likeness (QED) is 0.109. The molecule has 3 aliphatic rings. The van der Waals surface area contributed by atoms with E-state index in [2.05, 4.69) is 15.5 Å². The molecule has 174 valence electrons. The number of ether oxygens (including phenoxy) is 1. The number of carbonyl (C=O) groups excluding carboxylic acids is 4. The predicted molar refractivity (Wildman–Crippen MR) is 119 cm³/mol. The molecular weight excluding hydrogens is 517 g/mol. The molecule has 12 nitrogen and oxygen atoms in total. The summed E-state index contributed by atoms with van der Waals surface area (Å²) < 4.78 is 4.83. The van der Waals surface area contributed by atoms with Gasteiger partial charge in [-0.05, 0) is 5.57 Å². The molecule has 0 radical (unpaired) electrons. The molecule has 2 amide bonds. The van der Waals surface area contributed by atoms with E-state index >= 15 is 0 Å². The smallest absolute Gasteiger partial charge is 0.543 e. The summed E-state index contributed by atoms with van der Waals surface area (Å²) in [6.45, 7) is 0.139. The van der Waals surface area contributed by atoms with Crippen LogP contribution in [0.15, 0.2) is 32.8 Å². The third-order valence-electron chi connectivity index (χ3n) is 4.76.